The van der Waals surface area contributed by atoms with E-state index in [1.165, 1.54) is 24.1 Å². The summed E-state index contributed by atoms with van der Waals surface area (Å²) in [4.78, 5) is 7.17. The zero-order chi connectivity index (χ0) is 11.7. The lowest BCUT2D eigenvalue weighted by Crippen LogP contribution is -2.03. The lowest BCUT2D eigenvalue weighted by atomic mass is 10.2. The molecule has 0 spiro atoms. The molecular weight excluding hydrogens is 230 g/mol. The molecule has 1 aliphatic carbocycles. The van der Waals surface area contributed by atoms with Crippen molar-refractivity contribution in [2.45, 2.75) is 25.8 Å². The predicted octanol–water partition coefficient (Wildman–Crippen LogP) is 2.83. The molecular formula is C13H15N3S. The van der Waals surface area contributed by atoms with E-state index < -0.39 is 0 Å². The summed E-state index contributed by atoms with van der Waals surface area (Å²) in [6, 6.07) is 6.03. The number of pyridine rings is 1. The monoisotopic (exact) mass is 245 g/mol. The topological polar surface area (TPSA) is 50.9 Å². The standard InChI is InChI=1S/C13H15N3S/c14-11-4-2-6-15-13(11)16-8-10-7-9-3-1-5-12(9)17-10/h2,4,6-7H,1,3,5,8,14H2,(H,15,16). The third-order valence-electron chi connectivity index (χ3n) is 3.07. The van der Waals surface area contributed by atoms with Crippen LogP contribution in [0.5, 0.6) is 0 Å². The molecule has 3 rings (SSSR count). The molecule has 0 amide bonds. The van der Waals surface area contributed by atoms with Gasteiger partial charge in [-0.05, 0) is 43.0 Å². The van der Waals surface area contributed by atoms with Gasteiger partial charge in [-0.25, -0.2) is 4.98 Å². The highest BCUT2D eigenvalue weighted by molar-refractivity contribution is 7.12. The molecule has 0 aromatic carbocycles. The van der Waals surface area contributed by atoms with Gasteiger partial charge in [-0.15, -0.1) is 11.3 Å². The summed E-state index contributed by atoms with van der Waals surface area (Å²) in [5.74, 6) is 0.779. The van der Waals surface area contributed by atoms with Crippen LogP contribution in [0.4, 0.5) is 11.5 Å². The fourth-order valence-electron chi connectivity index (χ4n) is 2.21. The van der Waals surface area contributed by atoms with Crippen molar-refractivity contribution in [3.8, 4) is 0 Å². The number of aryl methyl sites for hydroxylation is 2. The van der Waals surface area contributed by atoms with Crippen LogP contribution in [-0.4, -0.2) is 4.98 Å². The summed E-state index contributed by atoms with van der Waals surface area (Å²) in [5.41, 5.74) is 8.08. The number of thiophene rings is 1. The first kappa shape index (κ1) is 10.6. The van der Waals surface area contributed by atoms with Gasteiger partial charge in [0.25, 0.3) is 0 Å². The summed E-state index contributed by atoms with van der Waals surface area (Å²) in [7, 11) is 0. The van der Waals surface area contributed by atoms with Crippen molar-refractivity contribution in [1.29, 1.82) is 0 Å². The molecule has 3 N–H and O–H groups in total. The zero-order valence-electron chi connectivity index (χ0n) is 9.57. The van der Waals surface area contributed by atoms with Gasteiger partial charge in [0.15, 0.2) is 0 Å². The normalized spacial score (nSPS) is 13.6. The number of aromatic nitrogens is 1. The van der Waals surface area contributed by atoms with E-state index in [2.05, 4.69) is 16.4 Å². The minimum absolute atomic E-state index is 0.705. The van der Waals surface area contributed by atoms with Gasteiger partial charge >= 0.3 is 0 Å². The van der Waals surface area contributed by atoms with Gasteiger partial charge < -0.3 is 11.1 Å². The third-order valence-corrected chi connectivity index (χ3v) is 4.30. The number of nitrogen functional groups attached to an aromatic ring is 1. The van der Waals surface area contributed by atoms with Gasteiger partial charge in [-0.1, -0.05) is 0 Å². The molecule has 2 aromatic heterocycles. The number of nitrogens with one attached hydrogen (secondary N) is 1. The lowest BCUT2D eigenvalue weighted by molar-refractivity contribution is 0.913. The molecule has 0 aliphatic heterocycles. The number of fused-ring (bicyclic) bond motifs is 1. The Balaban J connectivity index is 1.70. The van der Waals surface area contributed by atoms with Crippen LogP contribution in [0.3, 0.4) is 0 Å². The van der Waals surface area contributed by atoms with E-state index in [-0.39, 0.29) is 0 Å². The number of anilines is 2. The summed E-state index contributed by atoms with van der Waals surface area (Å²) >= 11 is 1.92. The Labute approximate surface area is 105 Å². The molecule has 0 fully saturated rings. The smallest absolute Gasteiger partial charge is 0.149 e. The van der Waals surface area contributed by atoms with Gasteiger partial charge in [-0.2, -0.15) is 0 Å². The van der Waals surface area contributed by atoms with E-state index in [0.717, 1.165) is 12.4 Å². The molecule has 0 atom stereocenters. The van der Waals surface area contributed by atoms with Gasteiger partial charge in [0.05, 0.1) is 12.2 Å². The van der Waals surface area contributed by atoms with Crippen molar-refractivity contribution in [3.63, 3.8) is 0 Å². The second-order valence-electron chi connectivity index (χ2n) is 4.31. The number of hydrogen-bond acceptors (Lipinski definition) is 4. The van der Waals surface area contributed by atoms with Crippen LogP contribution in [-0.2, 0) is 19.4 Å². The average molecular weight is 245 g/mol. The van der Waals surface area contributed by atoms with E-state index in [1.54, 1.807) is 16.6 Å². The van der Waals surface area contributed by atoms with Crippen molar-refractivity contribution >= 4 is 22.8 Å². The largest absolute Gasteiger partial charge is 0.396 e. The Hall–Kier alpha value is -1.55. The van der Waals surface area contributed by atoms with Gasteiger partial charge in [0, 0.05) is 16.0 Å². The van der Waals surface area contributed by atoms with E-state index in [0.29, 0.717) is 5.69 Å². The van der Waals surface area contributed by atoms with E-state index in [9.17, 15) is 0 Å². The molecule has 3 nitrogen and oxygen atoms in total. The minimum atomic E-state index is 0.705. The van der Waals surface area contributed by atoms with Crippen molar-refractivity contribution in [2.24, 2.45) is 0 Å². The van der Waals surface area contributed by atoms with Gasteiger partial charge in [-0.3, -0.25) is 0 Å². The average Bonchev–Trinajstić information content (AvgIpc) is 2.88. The molecule has 2 heterocycles. The third kappa shape index (κ3) is 2.13. The molecule has 2 aromatic rings. The summed E-state index contributed by atoms with van der Waals surface area (Å²) in [6.45, 7) is 0.818. The second-order valence-corrected chi connectivity index (χ2v) is 5.53. The van der Waals surface area contributed by atoms with Gasteiger partial charge in [0.1, 0.15) is 5.82 Å². The molecule has 0 radical (unpaired) electrons. The zero-order valence-corrected chi connectivity index (χ0v) is 10.4. The summed E-state index contributed by atoms with van der Waals surface area (Å²) in [6.07, 6.45) is 5.58. The maximum absolute atomic E-state index is 5.84. The molecule has 1 aliphatic rings. The highest BCUT2D eigenvalue weighted by Crippen LogP contribution is 2.31. The Bertz CT molecular complexity index is 512. The summed E-state index contributed by atoms with van der Waals surface area (Å²) in [5, 5.41) is 3.29. The van der Waals surface area contributed by atoms with Crippen LogP contribution in [0.2, 0.25) is 0 Å². The number of hydrogen-bond donors (Lipinski definition) is 2. The maximum Gasteiger partial charge on any atom is 0.149 e. The first-order chi connectivity index (χ1) is 8.33. The van der Waals surface area contributed by atoms with Crippen LogP contribution in [0, 0.1) is 0 Å². The van der Waals surface area contributed by atoms with Crippen LogP contribution in [0.1, 0.15) is 21.7 Å². The highest BCUT2D eigenvalue weighted by atomic mass is 32.1. The first-order valence-electron chi connectivity index (χ1n) is 5.88. The molecule has 0 bridgehead atoms. The summed E-state index contributed by atoms with van der Waals surface area (Å²) < 4.78 is 0. The Morgan fingerprint density at radius 3 is 3.18 bits per heavy atom. The minimum Gasteiger partial charge on any atom is -0.396 e. The number of nitrogens with two attached hydrogens (primary N) is 1. The second kappa shape index (κ2) is 4.37. The first-order valence-corrected chi connectivity index (χ1v) is 6.69. The van der Waals surface area contributed by atoms with Crippen LogP contribution in [0.25, 0.3) is 0 Å². The molecule has 0 saturated carbocycles. The SMILES string of the molecule is Nc1cccnc1NCc1cc2c(s1)CCC2. The van der Waals surface area contributed by atoms with Crippen molar-refractivity contribution in [2.75, 3.05) is 11.1 Å². The Kier molecular flexibility index (Phi) is 2.73. The number of nitrogens with zero attached hydrogens (tertiary/aromatic N) is 1. The molecule has 4 heteroatoms. The van der Waals surface area contributed by atoms with E-state index >= 15 is 0 Å². The van der Waals surface area contributed by atoms with Crippen molar-refractivity contribution in [1.82, 2.24) is 4.98 Å². The maximum atomic E-state index is 5.84. The van der Waals surface area contributed by atoms with Crippen molar-refractivity contribution in [3.05, 3.63) is 39.7 Å². The molecule has 88 valence electrons. The van der Waals surface area contributed by atoms with Crippen LogP contribution in [0.15, 0.2) is 24.4 Å². The predicted molar refractivity (Wildman–Crippen MR) is 72.3 cm³/mol. The molecule has 0 saturated heterocycles. The fourth-order valence-corrected chi connectivity index (χ4v) is 3.41. The van der Waals surface area contributed by atoms with Crippen LogP contribution < -0.4 is 11.1 Å². The van der Waals surface area contributed by atoms with Crippen LogP contribution >= 0.6 is 11.3 Å². The molecule has 0 unspecified atom stereocenters. The van der Waals surface area contributed by atoms with E-state index in [1.807, 2.05) is 23.5 Å². The van der Waals surface area contributed by atoms with E-state index in [4.69, 9.17) is 5.73 Å². The Morgan fingerprint density at radius 1 is 1.41 bits per heavy atom. The lowest BCUT2D eigenvalue weighted by Gasteiger charge is -2.06. The highest BCUT2D eigenvalue weighted by Gasteiger charge is 2.14. The quantitative estimate of drug-likeness (QED) is 0.874. The fraction of sp³-hybridized carbons (Fsp3) is 0.308. The van der Waals surface area contributed by atoms with Gasteiger partial charge in [0.2, 0.25) is 0 Å². The Morgan fingerprint density at radius 2 is 2.35 bits per heavy atom. The van der Waals surface area contributed by atoms with Crippen molar-refractivity contribution < 1.29 is 0 Å². The number of rotatable bonds is 3. The molecule has 17 heavy (non-hydrogen) atoms.